The molecule has 3 rings (SSSR count). The Morgan fingerprint density at radius 1 is 1.00 bits per heavy atom. The minimum atomic E-state index is -0.340. The molecule has 3 aromatic rings. The van der Waals surface area contributed by atoms with Crippen molar-refractivity contribution in [2.45, 2.75) is 20.4 Å². The van der Waals surface area contributed by atoms with Crippen molar-refractivity contribution in [2.75, 3.05) is 5.32 Å². The predicted octanol–water partition coefficient (Wildman–Crippen LogP) is 2.86. The van der Waals surface area contributed by atoms with E-state index in [9.17, 15) is 4.79 Å². The lowest BCUT2D eigenvalue weighted by atomic mass is 10.1. The van der Waals surface area contributed by atoms with Gasteiger partial charge in [-0.3, -0.25) is 4.57 Å². The smallest absolute Gasteiger partial charge is 0.350 e. The van der Waals surface area contributed by atoms with Crippen LogP contribution in [-0.4, -0.2) is 14.5 Å². The standard InChI is InChI=1S/C18H18N4O/c1-13-7-6-8-14(2)16(13)22-12-20-17(21-18(22)23)19-11-15-9-4-3-5-10-15/h3-10,12H,11H2,1-2H3,(H,19,21,23). The number of aryl methyl sites for hydroxylation is 2. The van der Waals surface area contributed by atoms with Gasteiger partial charge in [0.1, 0.15) is 6.33 Å². The van der Waals surface area contributed by atoms with Gasteiger partial charge in [-0.15, -0.1) is 0 Å². The minimum Gasteiger partial charge on any atom is -0.350 e. The molecule has 0 unspecified atom stereocenters. The minimum absolute atomic E-state index is 0.335. The molecule has 0 aliphatic heterocycles. The van der Waals surface area contributed by atoms with Gasteiger partial charge < -0.3 is 5.32 Å². The highest BCUT2D eigenvalue weighted by Crippen LogP contribution is 2.16. The maximum absolute atomic E-state index is 12.3. The van der Waals surface area contributed by atoms with Crippen molar-refractivity contribution in [3.05, 3.63) is 82.0 Å². The molecule has 0 aliphatic rings. The maximum Gasteiger partial charge on any atom is 0.356 e. The number of anilines is 1. The van der Waals surface area contributed by atoms with Crippen LogP contribution in [0.2, 0.25) is 0 Å². The van der Waals surface area contributed by atoms with E-state index in [4.69, 9.17) is 0 Å². The summed E-state index contributed by atoms with van der Waals surface area (Å²) in [5, 5.41) is 3.07. The van der Waals surface area contributed by atoms with Gasteiger partial charge in [0, 0.05) is 6.54 Å². The third-order valence-corrected chi connectivity index (χ3v) is 3.68. The molecule has 0 fully saturated rings. The summed E-state index contributed by atoms with van der Waals surface area (Å²) >= 11 is 0. The van der Waals surface area contributed by atoms with E-state index in [1.807, 2.05) is 62.4 Å². The van der Waals surface area contributed by atoms with Crippen LogP contribution in [0.3, 0.4) is 0 Å². The number of rotatable bonds is 4. The van der Waals surface area contributed by atoms with Crippen LogP contribution >= 0.6 is 0 Å². The Bertz CT molecular complexity index is 851. The van der Waals surface area contributed by atoms with E-state index in [2.05, 4.69) is 15.3 Å². The number of benzene rings is 2. The number of hydrogen-bond acceptors (Lipinski definition) is 4. The van der Waals surface area contributed by atoms with Crippen LogP contribution in [0.15, 0.2) is 59.7 Å². The zero-order chi connectivity index (χ0) is 16.2. The molecule has 0 radical (unpaired) electrons. The van der Waals surface area contributed by atoms with Crippen molar-refractivity contribution in [3.8, 4) is 5.69 Å². The second kappa shape index (κ2) is 6.44. The quantitative estimate of drug-likeness (QED) is 0.805. The van der Waals surface area contributed by atoms with Gasteiger partial charge in [-0.2, -0.15) is 4.98 Å². The van der Waals surface area contributed by atoms with Crippen LogP contribution in [-0.2, 0) is 6.54 Å². The molecule has 0 spiro atoms. The first kappa shape index (κ1) is 15.0. The molecule has 5 heteroatoms. The lowest BCUT2D eigenvalue weighted by molar-refractivity contribution is 0.844. The van der Waals surface area contributed by atoms with Gasteiger partial charge in [0.05, 0.1) is 5.69 Å². The zero-order valence-corrected chi connectivity index (χ0v) is 13.2. The van der Waals surface area contributed by atoms with Gasteiger partial charge in [0.2, 0.25) is 5.95 Å². The van der Waals surface area contributed by atoms with Crippen molar-refractivity contribution in [2.24, 2.45) is 0 Å². The van der Waals surface area contributed by atoms with E-state index in [0.29, 0.717) is 12.5 Å². The van der Waals surface area contributed by atoms with Gasteiger partial charge in [-0.25, -0.2) is 9.78 Å². The fraction of sp³-hybridized carbons (Fsp3) is 0.167. The average Bonchev–Trinajstić information content (AvgIpc) is 2.55. The Balaban J connectivity index is 1.85. The van der Waals surface area contributed by atoms with Gasteiger partial charge in [0.25, 0.3) is 0 Å². The summed E-state index contributed by atoms with van der Waals surface area (Å²) in [7, 11) is 0. The Hall–Kier alpha value is -2.95. The van der Waals surface area contributed by atoms with Gasteiger partial charge in [0.15, 0.2) is 0 Å². The van der Waals surface area contributed by atoms with E-state index >= 15 is 0 Å². The van der Waals surface area contributed by atoms with Crippen LogP contribution in [0.1, 0.15) is 16.7 Å². The average molecular weight is 306 g/mol. The number of para-hydroxylation sites is 1. The number of nitrogens with zero attached hydrogens (tertiary/aromatic N) is 3. The molecule has 0 bridgehead atoms. The Kier molecular flexibility index (Phi) is 4.19. The first-order chi connectivity index (χ1) is 11.1. The first-order valence-electron chi connectivity index (χ1n) is 7.45. The largest absolute Gasteiger partial charge is 0.356 e. The summed E-state index contributed by atoms with van der Waals surface area (Å²) in [4.78, 5) is 20.6. The molecule has 0 atom stereocenters. The van der Waals surface area contributed by atoms with Gasteiger partial charge in [-0.1, -0.05) is 48.5 Å². The SMILES string of the molecule is Cc1cccc(C)c1-n1cnc(NCc2ccccc2)nc1=O. The molecule has 116 valence electrons. The van der Waals surface area contributed by atoms with Crippen molar-refractivity contribution >= 4 is 5.95 Å². The third kappa shape index (κ3) is 3.29. The second-order valence-electron chi connectivity index (χ2n) is 5.41. The van der Waals surface area contributed by atoms with Gasteiger partial charge >= 0.3 is 5.69 Å². The summed E-state index contributed by atoms with van der Waals surface area (Å²) < 4.78 is 1.48. The van der Waals surface area contributed by atoms with Crippen molar-refractivity contribution in [3.63, 3.8) is 0 Å². The molecule has 5 nitrogen and oxygen atoms in total. The number of nitrogens with one attached hydrogen (secondary N) is 1. The third-order valence-electron chi connectivity index (χ3n) is 3.68. The summed E-state index contributed by atoms with van der Waals surface area (Å²) in [6.07, 6.45) is 1.53. The highest BCUT2D eigenvalue weighted by molar-refractivity contribution is 5.46. The molecule has 0 aliphatic carbocycles. The summed E-state index contributed by atoms with van der Waals surface area (Å²) in [6, 6.07) is 15.8. The van der Waals surface area contributed by atoms with Crippen LogP contribution in [0.5, 0.6) is 0 Å². The van der Waals surface area contributed by atoms with Crippen molar-refractivity contribution < 1.29 is 0 Å². The van der Waals surface area contributed by atoms with Crippen LogP contribution < -0.4 is 11.0 Å². The Morgan fingerprint density at radius 2 is 1.70 bits per heavy atom. The van der Waals surface area contributed by atoms with Crippen LogP contribution in [0, 0.1) is 13.8 Å². The van der Waals surface area contributed by atoms with Crippen molar-refractivity contribution in [1.29, 1.82) is 0 Å². The molecule has 1 aromatic heterocycles. The predicted molar refractivity (Wildman–Crippen MR) is 90.9 cm³/mol. The molecule has 1 N–H and O–H groups in total. The van der Waals surface area contributed by atoms with E-state index in [-0.39, 0.29) is 5.69 Å². The summed E-state index contributed by atoms with van der Waals surface area (Å²) in [5.74, 6) is 0.335. The van der Waals surface area contributed by atoms with Gasteiger partial charge in [-0.05, 0) is 30.5 Å². The fourth-order valence-corrected chi connectivity index (χ4v) is 2.54. The Morgan fingerprint density at radius 3 is 2.35 bits per heavy atom. The topological polar surface area (TPSA) is 59.8 Å². The summed E-state index contributed by atoms with van der Waals surface area (Å²) in [6.45, 7) is 4.51. The molecular formula is C18H18N4O. The molecular weight excluding hydrogens is 288 g/mol. The molecule has 2 aromatic carbocycles. The maximum atomic E-state index is 12.3. The van der Waals surface area contributed by atoms with Crippen molar-refractivity contribution in [1.82, 2.24) is 14.5 Å². The van der Waals surface area contributed by atoms with E-state index < -0.39 is 0 Å². The number of aromatic nitrogens is 3. The van der Waals surface area contributed by atoms with E-state index in [1.54, 1.807) is 0 Å². The fourth-order valence-electron chi connectivity index (χ4n) is 2.54. The molecule has 0 saturated heterocycles. The van der Waals surface area contributed by atoms with E-state index in [0.717, 1.165) is 22.4 Å². The highest BCUT2D eigenvalue weighted by Gasteiger charge is 2.08. The molecule has 1 heterocycles. The summed E-state index contributed by atoms with van der Waals surface area (Å²) in [5.41, 5.74) is 3.64. The molecule has 0 amide bonds. The normalized spacial score (nSPS) is 10.5. The Labute approximate surface area is 134 Å². The monoisotopic (exact) mass is 306 g/mol. The van der Waals surface area contributed by atoms with Crippen LogP contribution in [0.4, 0.5) is 5.95 Å². The lowest BCUT2D eigenvalue weighted by Gasteiger charge is -2.12. The zero-order valence-electron chi connectivity index (χ0n) is 13.2. The number of hydrogen-bond donors (Lipinski definition) is 1. The van der Waals surface area contributed by atoms with Crippen LogP contribution in [0.25, 0.3) is 5.69 Å². The second-order valence-corrected chi connectivity index (χ2v) is 5.41. The molecule has 23 heavy (non-hydrogen) atoms. The van der Waals surface area contributed by atoms with E-state index in [1.165, 1.54) is 10.9 Å². The highest BCUT2D eigenvalue weighted by atomic mass is 16.1. The lowest BCUT2D eigenvalue weighted by Crippen LogP contribution is -2.24. The first-order valence-corrected chi connectivity index (χ1v) is 7.45. The molecule has 0 saturated carbocycles.